The van der Waals surface area contributed by atoms with Crippen molar-refractivity contribution in [3.8, 4) is 0 Å². The van der Waals surface area contributed by atoms with Gasteiger partial charge in [0.25, 0.3) is 11.8 Å². The molecule has 2 rings (SSSR count). The van der Waals surface area contributed by atoms with Gasteiger partial charge in [-0.2, -0.15) is 0 Å². The summed E-state index contributed by atoms with van der Waals surface area (Å²) in [6, 6.07) is 5.99. The summed E-state index contributed by atoms with van der Waals surface area (Å²) in [5.74, 6) is -1.82. The normalized spacial score (nSPS) is 14.3. The average molecular weight is 303 g/mol. The van der Waals surface area contributed by atoms with Gasteiger partial charge in [0.05, 0.1) is 5.56 Å². The molecule has 0 spiro atoms. The lowest BCUT2D eigenvalue weighted by Gasteiger charge is -2.12. The fourth-order valence-electron chi connectivity index (χ4n) is 2.07. The molecule has 1 aliphatic heterocycles. The van der Waals surface area contributed by atoms with E-state index in [-0.39, 0.29) is 24.2 Å². The first-order chi connectivity index (χ1) is 10.5. The van der Waals surface area contributed by atoms with E-state index in [1.807, 2.05) is 6.92 Å². The zero-order chi connectivity index (χ0) is 16.1. The SMILES string of the molecule is CCCCC(=O)c1ccc(C(=O)ON2C(=O)CCC2=O)cc1. The van der Waals surface area contributed by atoms with Crippen molar-refractivity contribution in [2.45, 2.75) is 39.0 Å². The Bertz CT molecular complexity index is 589. The number of nitrogens with zero attached hydrogens (tertiary/aromatic N) is 1. The lowest BCUT2D eigenvalue weighted by molar-refractivity contribution is -0.172. The van der Waals surface area contributed by atoms with Crippen molar-refractivity contribution >= 4 is 23.6 Å². The van der Waals surface area contributed by atoms with Crippen LogP contribution in [-0.4, -0.2) is 28.6 Å². The number of imide groups is 1. The maximum Gasteiger partial charge on any atom is 0.363 e. The molecule has 0 unspecified atom stereocenters. The van der Waals surface area contributed by atoms with Crippen LogP contribution in [0, 0.1) is 0 Å². The van der Waals surface area contributed by atoms with E-state index in [0.717, 1.165) is 12.8 Å². The third kappa shape index (κ3) is 3.58. The van der Waals surface area contributed by atoms with E-state index < -0.39 is 17.8 Å². The third-order valence-corrected chi connectivity index (χ3v) is 3.38. The van der Waals surface area contributed by atoms with Crippen LogP contribution in [0.15, 0.2) is 24.3 Å². The smallest absolute Gasteiger partial charge is 0.325 e. The summed E-state index contributed by atoms with van der Waals surface area (Å²) in [7, 11) is 0. The molecule has 0 aromatic heterocycles. The molecule has 0 aliphatic carbocycles. The quantitative estimate of drug-likeness (QED) is 0.595. The molecule has 0 bridgehead atoms. The van der Waals surface area contributed by atoms with Crippen LogP contribution in [0.4, 0.5) is 0 Å². The van der Waals surface area contributed by atoms with Crippen LogP contribution in [-0.2, 0) is 14.4 Å². The van der Waals surface area contributed by atoms with Gasteiger partial charge in [0.15, 0.2) is 5.78 Å². The molecule has 1 aromatic carbocycles. The van der Waals surface area contributed by atoms with Gasteiger partial charge in [0.1, 0.15) is 0 Å². The van der Waals surface area contributed by atoms with Gasteiger partial charge >= 0.3 is 5.97 Å². The third-order valence-electron chi connectivity index (χ3n) is 3.38. The van der Waals surface area contributed by atoms with Crippen LogP contribution in [0.5, 0.6) is 0 Å². The first-order valence-electron chi connectivity index (χ1n) is 7.24. The number of rotatable bonds is 6. The standard InChI is InChI=1S/C16H17NO5/c1-2-3-4-13(18)11-5-7-12(8-6-11)16(21)22-17-14(19)9-10-15(17)20/h5-8H,2-4,9-10H2,1H3. The molecule has 0 saturated carbocycles. The Morgan fingerprint density at radius 3 is 2.14 bits per heavy atom. The number of carbonyl (C=O) groups is 4. The van der Waals surface area contributed by atoms with Gasteiger partial charge in [0.2, 0.25) is 0 Å². The maximum absolute atomic E-state index is 11.9. The van der Waals surface area contributed by atoms with Crippen LogP contribution in [0.1, 0.15) is 59.7 Å². The molecule has 22 heavy (non-hydrogen) atoms. The predicted molar refractivity (Wildman–Crippen MR) is 76.8 cm³/mol. The van der Waals surface area contributed by atoms with Crippen molar-refractivity contribution in [3.63, 3.8) is 0 Å². The monoisotopic (exact) mass is 303 g/mol. The summed E-state index contributed by atoms with van der Waals surface area (Å²) in [5.41, 5.74) is 0.706. The van der Waals surface area contributed by atoms with Gasteiger partial charge in [0, 0.05) is 24.8 Å². The van der Waals surface area contributed by atoms with Gasteiger partial charge in [-0.15, -0.1) is 5.06 Å². The van der Waals surface area contributed by atoms with Crippen molar-refractivity contribution < 1.29 is 24.0 Å². The van der Waals surface area contributed by atoms with Crippen molar-refractivity contribution in [1.29, 1.82) is 0 Å². The van der Waals surface area contributed by atoms with Gasteiger partial charge in [-0.05, 0) is 18.6 Å². The summed E-state index contributed by atoms with van der Waals surface area (Å²) in [6.07, 6.45) is 2.33. The van der Waals surface area contributed by atoms with Gasteiger partial charge in [-0.1, -0.05) is 25.5 Å². The Morgan fingerprint density at radius 1 is 1.05 bits per heavy atom. The second kappa shape index (κ2) is 6.98. The second-order valence-corrected chi connectivity index (χ2v) is 5.06. The summed E-state index contributed by atoms with van der Waals surface area (Å²) in [5, 5.41) is 0.503. The summed E-state index contributed by atoms with van der Waals surface area (Å²) in [6.45, 7) is 2.01. The number of hydroxylamine groups is 2. The van der Waals surface area contributed by atoms with E-state index in [9.17, 15) is 19.2 Å². The Labute approximate surface area is 128 Å². The summed E-state index contributed by atoms with van der Waals surface area (Å²) >= 11 is 0. The minimum absolute atomic E-state index is 0.0201. The highest BCUT2D eigenvalue weighted by Gasteiger charge is 2.33. The number of ketones is 1. The van der Waals surface area contributed by atoms with Gasteiger partial charge < -0.3 is 4.84 Å². The molecule has 1 aliphatic rings. The predicted octanol–water partition coefficient (Wildman–Crippen LogP) is 2.28. The van der Waals surface area contributed by atoms with E-state index in [1.165, 1.54) is 12.1 Å². The Kier molecular flexibility index (Phi) is 5.04. The van der Waals surface area contributed by atoms with E-state index in [4.69, 9.17) is 4.84 Å². The Balaban J connectivity index is 2.00. The molecule has 2 amide bonds. The molecule has 0 atom stereocenters. The molecule has 6 heteroatoms. The van der Waals surface area contributed by atoms with Crippen molar-refractivity contribution in [2.75, 3.05) is 0 Å². The topological polar surface area (TPSA) is 80.8 Å². The average Bonchev–Trinajstić information content (AvgIpc) is 2.84. The lowest BCUT2D eigenvalue weighted by atomic mass is 10.0. The molecule has 6 nitrogen and oxygen atoms in total. The fraction of sp³-hybridized carbons (Fsp3) is 0.375. The number of carbonyl (C=O) groups excluding carboxylic acids is 4. The highest BCUT2D eigenvalue weighted by atomic mass is 16.7. The Morgan fingerprint density at radius 2 is 1.59 bits per heavy atom. The molecule has 0 radical (unpaired) electrons. The van der Waals surface area contributed by atoms with Crippen molar-refractivity contribution in [2.24, 2.45) is 0 Å². The first kappa shape index (κ1) is 15.9. The van der Waals surface area contributed by atoms with Gasteiger partial charge in [-0.3, -0.25) is 14.4 Å². The molecule has 1 saturated heterocycles. The molecule has 1 aromatic rings. The fourth-order valence-corrected chi connectivity index (χ4v) is 2.07. The zero-order valence-corrected chi connectivity index (χ0v) is 12.3. The van der Waals surface area contributed by atoms with Gasteiger partial charge in [-0.25, -0.2) is 4.79 Å². The Hall–Kier alpha value is -2.50. The number of benzene rings is 1. The first-order valence-corrected chi connectivity index (χ1v) is 7.24. The number of unbranched alkanes of at least 4 members (excludes halogenated alkanes) is 1. The van der Waals surface area contributed by atoms with Crippen molar-refractivity contribution in [3.05, 3.63) is 35.4 Å². The van der Waals surface area contributed by atoms with Crippen LogP contribution in [0.2, 0.25) is 0 Å². The summed E-state index contributed by atoms with van der Waals surface area (Å²) < 4.78 is 0. The van der Waals surface area contributed by atoms with E-state index in [1.54, 1.807) is 12.1 Å². The largest absolute Gasteiger partial charge is 0.363 e. The maximum atomic E-state index is 11.9. The minimum atomic E-state index is -0.795. The molecule has 116 valence electrons. The minimum Gasteiger partial charge on any atom is -0.325 e. The van der Waals surface area contributed by atoms with Crippen LogP contribution in [0.25, 0.3) is 0 Å². The second-order valence-electron chi connectivity index (χ2n) is 5.06. The number of amides is 2. The van der Waals surface area contributed by atoms with Crippen LogP contribution in [0.3, 0.4) is 0 Å². The lowest BCUT2D eigenvalue weighted by Crippen LogP contribution is -2.32. The molecular formula is C16H17NO5. The molecule has 0 N–H and O–H groups in total. The van der Waals surface area contributed by atoms with Crippen LogP contribution >= 0.6 is 0 Å². The number of hydrogen-bond acceptors (Lipinski definition) is 5. The zero-order valence-electron chi connectivity index (χ0n) is 12.3. The molecular weight excluding hydrogens is 286 g/mol. The van der Waals surface area contributed by atoms with Crippen LogP contribution < -0.4 is 0 Å². The molecule has 1 heterocycles. The highest BCUT2D eigenvalue weighted by Crippen LogP contribution is 2.15. The number of hydrogen-bond donors (Lipinski definition) is 0. The summed E-state index contributed by atoms with van der Waals surface area (Å²) in [4.78, 5) is 51.3. The highest BCUT2D eigenvalue weighted by molar-refractivity contribution is 6.03. The number of Topliss-reactive ketones (excluding diaryl/α,β-unsaturated/α-hetero) is 1. The van der Waals surface area contributed by atoms with E-state index in [2.05, 4.69) is 0 Å². The van der Waals surface area contributed by atoms with E-state index >= 15 is 0 Å². The van der Waals surface area contributed by atoms with E-state index in [0.29, 0.717) is 17.0 Å². The van der Waals surface area contributed by atoms with Crippen molar-refractivity contribution in [1.82, 2.24) is 5.06 Å². The molecule has 1 fully saturated rings.